The van der Waals surface area contributed by atoms with Crippen molar-refractivity contribution in [2.45, 2.75) is 16.7 Å². The molecule has 9 heteroatoms. The molecule has 0 aliphatic heterocycles. The van der Waals surface area contributed by atoms with Crippen molar-refractivity contribution in [2.75, 3.05) is 5.32 Å². The number of nitrogens with one attached hydrogen (secondary N) is 1. The van der Waals surface area contributed by atoms with E-state index in [1.54, 1.807) is 12.1 Å². The molecule has 8 nitrogen and oxygen atoms in total. The molecule has 4 aromatic carbocycles. The number of nitro groups is 1. The van der Waals surface area contributed by atoms with Gasteiger partial charge in [0.25, 0.3) is 5.69 Å². The van der Waals surface area contributed by atoms with Crippen LogP contribution in [0.4, 0.5) is 17.3 Å². The average molecular weight is 559 g/mol. The van der Waals surface area contributed by atoms with Crippen LogP contribution in [0.15, 0.2) is 122 Å². The number of amides is 1. The van der Waals surface area contributed by atoms with Gasteiger partial charge in [0.15, 0.2) is 0 Å². The number of nitrogens with zero attached hydrogens (tertiary/aromatic N) is 3. The zero-order valence-electron chi connectivity index (χ0n) is 21.8. The first-order valence-corrected chi connectivity index (χ1v) is 13.3. The Morgan fingerprint density at radius 2 is 1.61 bits per heavy atom. The zero-order valence-corrected chi connectivity index (χ0v) is 22.6. The van der Waals surface area contributed by atoms with Crippen LogP contribution in [0.5, 0.6) is 0 Å². The molecular formula is C32H22N4O4S. The molecule has 0 aliphatic carbocycles. The van der Waals surface area contributed by atoms with Gasteiger partial charge in [0.05, 0.1) is 10.6 Å². The average Bonchev–Trinajstić information content (AvgIpc) is 3.36. The van der Waals surface area contributed by atoms with Crippen molar-refractivity contribution in [3.05, 3.63) is 124 Å². The van der Waals surface area contributed by atoms with Crippen LogP contribution in [0.3, 0.4) is 0 Å². The molecule has 200 valence electrons. The predicted octanol–water partition coefficient (Wildman–Crippen LogP) is 8.25. The van der Waals surface area contributed by atoms with Crippen LogP contribution in [0.1, 0.15) is 18.1 Å². The fourth-order valence-corrected chi connectivity index (χ4v) is 5.20. The predicted molar refractivity (Wildman–Crippen MR) is 160 cm³/mol. The molecule has 0 fully saturated rings. The van der Waals surface area contributed by atoms with Gasteiger partial charge in [-0.1, -0.05) is 84.6 Å². The van der Waals surface area contributed by atoms with Crippen LogP contribution in [-0.4, -0.2) is 17.0 Å². The number of anilines is 1. The Morgan fingerprint density at radius 3 is 2.27 bits per heavy atom. The summed E-state index contributed by atoms with van der Waals surface area (Å²) in [6, 6.07) is 32.9. The highest BCUT2D eigenvalue weighted by atomic mass is 32.2. The van der Waals surface area contributed by atoms with Gasteiger partial charge in [-0.05, 0) is 23.8 Å². The van der Waals surface area contributed by atoms with Crippen molar-refractivity contribution in [3.63, 3.8) is 0 Å². The summed E-state index contributed by atoms with van der Waals surface area (Å²) in [5.41, 5.74) is 3.40. The maximum absolute atomic E-state index is 11.7. The lowest BCUT2D eigenvalue weighted by Gasteiger charge is -2.11. The zero-order chi connectivity index (χ0) is 28.8. The minimum atomic E-state index is -0.481. The highest BCUT2D eigenvalue weighted by Crippen LogP contribution is 2.43. The number of benzene rings is 4. The summed E-state index contributed by atoms with van der Waals surface area (Å²) < 4.78 is 6.19. The van der Waals surface area contributed by atoms with Crippen LogP contribution >= 0.6 is 11.8 Å². The highest BCUT2D eigenvalue weighted by molar-refractivity contribution is 7.99. The number of nitriles is 1. The molecule has 0 spiro atoms. The first kappa shape index (κ1) is 27.1. The number of hydrogen-bond donors (Lipinski definition) is 1. The van der Waals surface area contributed by atoms with E-state index in [0.717, 1.165) is 16.0 Å². The van der Waals surface area contributed by atoms with Crippen molar-refractivity contribution in [1.82, 2.24) is 0 Å². The maximum Gasteiger partial charge on any atom is 0.270 e. The number of non-ortho nitro benzene ring substituents is 1. The van der Waals surface area contributed by atoms with E-state index in [1.165, 1.54) is 37.0 Å². The van der Waals surface area contributed by atoms with E-state index in [0.29, 0.717) is 27.5 Å². The number of hydrogen-bond acceptors (Lipinski definition) is 7. The van der Waals surface area contributed by atoms with Gasteiger partial charge in [0.1, 0.15) is 17.4 Å². The summed E-state index contributed by atoms with van der Waals surface area (Å²) in [5.74, 6) is 0.374. The van der Waals surface area contributed by atoms with Gasteiger partial charge >= 0.3 is 0 Å². The van der Waals surface area contributed by atoms with Gasteiger partial charge < -0.3 is 9.73 Å². The van der Waals surface area contributed by atoms with E-state index in [2.05, 4.69) is 16.4 Å². The molecule has 0 unspecified atom stereocenters. The summed E-state index contributed by atoms with van der Waals surface area (Å²) in [4.78, 5) is 28.7. The molecule has 0 bridgehead atoms. The molecule has 5 aromatic rings. The van der Waals surface area contributed by atoms with Gasteiger partial charge in [-0.3, -0.25) is 14.9 Å². The van der Waals surface area contributed by atoms with Gasteiger partial charge in [-0.25, -0.2) is 4.99 Å². The fraction of sp³-hybridized carbons (Fsp3) is 0.0312. The summed E-state index contributed by atoms with van der Waals surface area (Å²) >= 11 is 1.33. The number of carbonyl (C=O) groups excluding carboxylic acids is 1. The number of para-hydroxylation sites is 1. The van der Waals surface area contributed by atoms with Gasteiger partial charge in [-0.15, -0.1) is 0 Å². The highest BCUT2D eigenvalue weighted by Gasteiger charge is 2.23. The van der Waals surface area contributed by atoms with E-state index < -0.39 is 4.92 Å². The molecule has 0 atom stereocenters. The van der Waals surface area contributed by atoms with E-state index in [4.69, 9.17) is 4.42 Å². The van der Waals surface area contributed by atoms with E-state index >= 15 is 0 Å². The molecule has 0 aliphatic rings. The largest absolute Gasteiger partial charge is 0.436 e. The molecule has 0 saturated carbocycles. The van der Waals surface area contributed by atoms with Gasteiger partial charge in [0, 0.05) is 51.8 Å². The number of rotatable bonds is 8. The third-order valence-corrected chi connectivity index (χ3v) is 7.21. The van der Waals surface area contributed by atoms with Crippen LogP contribution in [0.2, 0.25) is 0 Å². The van der Waals surface area contributed by atoms with Crippen LogP contribution in [0, 0.1) is 21.4 Å². The first-order chi connectivity index (χ1) is 19.9. The molecule has 0 saturated heterocycles. The Kier molecular flexibility index (Phi) is 8.04. The monoisotopic (exact) mass is 558 g/mol. The molecule has 5 rings (SSSR count). The second kappa shape index (κ2) is 12.2. The number of nitro benzene ring substituents is 1. The van der Waals surface area contributed by atoms with Crippen molar-refractivity contribution in [3.8, 4) is 28.5 Å². The van der Waals surface area contributed by atoms with E-state index in [9.17, 15) is 20.2 Å². The summed E-state index contributed by atoms with van der Waals surface area (Å²) in [6.45, 7) is 1.43. The number of carbonyl (C=O) groups is 1. The third kappa shape index (κ3) is 6.08. The quantitative estimate of drug-likeness (QED) is 0.116. The molecule has 1 amide bonds. The topological polar surface area (TPSA) is 122 Å². The lowest BCUT2D eigenvalue weighted by molar-refractivity contribution is -0.384. The van der Waals surface area contributed by atoms with Crippen LogP contribution in [-0.2, 0) is 4.79 Å². The first-order valence-electron chi connectivity index (χ1n) is 12.5. The minimum Gasteiger partial charge on any atom is -0.436 e. The lowest BCUT2D eigenvalue weighted by Crippen LogP contribution is -2.06. The Bertz CT molecular complexity index is 1810. The Morgan fingerprint density at radius 1 is 0.951 bits per heavy atom. The van der Waals surface area contributed by atoms with Crippen molar-refractivity contribution >= 4 is 41.1 Å². The molecular weight excluding hydrogens is 536 g/mol. The Balaban J connectivity index is 1.61. The summed E-state index contributed by atoms with van der Waals surface area (Å²) in [7, 11) is 0. The minimum absolute atomic E-state index is 0.0892. The van der Waals surface area contributed by atoms with Gasteiger partial charge in [0.2, 0.25) is 11.8 Å². The van der Waals surface area contributed by atoms with Crippen molar-refractivity contribution in [1.29, 1.82) is 5.26 Å². The normalized spacial score (nSPS) is 10.8. The van der Waals surface area contributed by atoms with Crippen molar-refractivity contribution < 1.29 is 14.1 Å². The van der Waals surface area contributed by atoms with E-state index in [-0.39, 0.29) is 23.0 Å². The summed E-state index contributed by atoms with van der Waals surface area (Å²) in [6.07, 6.45) is 1.46. The standard InChI is InChI=1S/C32H22N4O4S/c1-21(37)35-27-14-8-9-15-29(27)41-28-17-16-25(36(38)39)18-24(28)20-34-32-26(19-33)30(22-10-4-2-5-11-22)31(40-32)23-12-6-3-7-13-23/h2-18,20H,1H3,(H,35,37). The molecule has 41 heavy (non-hydrogen) atoms. The Hall–Kier alpha value is -5.46. The lowest BCUT2D eigenvalue weighted by atomic mass is 9.98. The van der Waals surface area contributed by atoms with Gasteiger partial charge in [-0.2, -0.15) is 5.26 Å². The molecule has 1 heterocycles. The molecule has 0 radical (unpaired) electrons. The smallest absolute Gasteiger partial charge is 0.270 e. The second-order valence-electron chi connectivity index (χ2n) is 8.85. The maximum atomic E-state index is 11.7. The third-order valence-electron chi connectivity index (χ3n) is 6.04. The second-order valence-corrected chi connectivity index (χ2v) is 9.93. The van der Waals surface area contributed by atoms with E-state index in [1.807, 2.05) is 78.9 Å². The van der Waals surface area contributed by atoms with Crippen LogP contribution < -0.4 is 5.32 Å². The van der Waals surface area contributed by atoms with Crippen LogP contribution in [0.25, 0.3) is 22.5 Å². The Labute approximate surface area is 240 Å². The number of furan rings is 1. The number of aliphatic imine (C=N–C) groups is 1. The van der Waals surface area contributed by atoms with Crippen molar-refractivity contribution in [2.24, 2.45) is 4.99 Å². The summed E-state index contributed by atoms with van der Waals surface area (Å²) in [5, 5.41) is 24.6. The fourth-order valence-electron chi connectivity index (χ4n) is 4.23. The molecule has 1 aromatic heterocycles. The SMILES string of the molecule is CC(=O)Nc1ccccc1Sc1ccc([N+](=O)[O-])cc1C=Nc1oc(-c2ccccc2)c(-c2ccccc2)c1C#N. The molecule has 1 N–H and O–H groups in total.